The molecule has 0 aliphatic carbocycles. The van der Waals surface area contributed by atoms with Crippen LogP contribution >= 0.6 is 0 Å². The lowest BCUT2D eigenvalue weighted by Crippen LogP contribution is -2.04. The number of aromatic nitrogens is 1. The van der Waals surface area contributed by atoms with Crippen LogP contribution in [0.2, 0.25) is 0 Å². The van der Waals surface area contributed by atoms with Gasteiger partial charge in [0, 0.05) is 18.1 Å². The Morgan fingerprint density at radius 1 is 0.964 bits per heavy atom. The molecule has 2 aromatic carbocycles. The second-order valence-corrected chi connectivity index (χ2v) is 6.42. The van der Waals surface area contributed by atoms with Crippen molar-refractivity contribution in [2.45, 2.75) is 26.7 Å². The van der Waals surface area contributed by atoms with Crippen LogP contribution in [0.3, 0.4) is 0 Å². The molecule has 0 bridgehead atoms. The van der Waals surface area contributed by atoms with Gasteiger partial charge in [0.1, 0.15) is 5.75 Å². The summed E-state index contributed by atoms with van der Waals surface area (Å²) in [4.78, 5) is 17.3. The summed E-state index contributed by atoms with van der Waals surface area (Å²) in [6, 6.07) is 18.7. The highest BCUT2D eigenvalue weighted by Gasteiger charge is 2.08. The van der Waals surface area contributed by atoms with E-state index < -0.39 is 5.97 Å². The number of oxime groups is 1. The van der Waals surface area contributed by atoms with Crippen LogP contribution in [0.5, 0.6) is 5.75 Å². The third-order valence-electron chi connectivity index (χ3n) is 4.31. The number of carbonyl (C=O) groups is 1. The summed E-state index contributed by atoms with van der Waals surface area (Å²) < 4.78 is 7.61. The SMILES string of the molecule is CCCCOc1ccc(C(=O)ON=C(C)c2ccc(-n3cccc3)cc2)cc1. The van der Waals surface area contributed by atoms with Gasteiger partial charge in [-0.2, -0.15) is 0 Å². The molecular formula is C23H24N2O3. The van der Waals surface area contributed by atoms with E-state index in [9.17, 15) is 4.79 Å². The van der Waals surface area contributed by atoms with Gasteiger partial charge < -0.3 is 14.1 Å². The fourth-order valence-electron chi connectivity index (χ4n) is 2.62. The molecule has 1 heterocycles. The summed E-state index contributed by atoms with van der Waals surface area (Å²) in [5.74, 6) is 0.246. The maximum atomic E-state index is 12.2. The molecule has 28 heavy (non-hydrogen) atoms. The van der Waals surface area contributed by atoms with Crippen LogP contribution < -0.4 is 4.74 Å². The van der Waals surface area contributed by atoms with Crippen molar-refractivity contribution in [1.82, 2.24) is 4.57 Å². The quantitative estimate of drug-likeness (QED) is 0.234. The van der Waals surface area contributed by atoms with Crippen LogP contribution in [0, 0.1) is 0 Å². The molecule has 1 aromatic heterocycles. The molecule has 0 N–H and O–H groups in total. The first-order chi connectivity index (χ1) is 13.7. The minimum absolute atomic E-state index is 0.433. The number of unbranched alkanes of at least 4 members (excludes halogenated alkanes) is 1. The van der Waals surface area contributed by atoms with Crippen LogP contribution in [-0.4, -0.2) is 22.9 Å². The van der Waals surface area contributed by atoms with Gasteiger partial charge in [-0.1, -0.05) is 30.6 Å². The Hall–Kier alpha value is -3.34. The second kappa shape index (κ2) is 9.55. The highest BCUT2D eigenvalue weighted by atomic mass is 16.7. The molecule has 0 saturated heterocycles. The van der Waals surface area contributed by atoms with Crippen LogP contribution in [0.1, 0.15) is 42.6 Å². The zero-order chi connectivity index (χ0) is 19.8. The molecule has 5 heteroatoms. The molecule has 3 rings (SSSR count). The van der Waals surface area contributed by atoms with Crippen molar-refractivity contribution in [2.75, 3.05) is 6.61 Å². The Kier molecular flexibility index (Phi) is 6.63. The van der Waals surface area contributed by atoms with Crippen molar-refractivity contribution in [3.8, 4) is 11.4 Å². The first-order valence-corrected chi connectivity index (χ1v) is 9.40. The number of nitrogens with zero attached hydrogens (tertiary/aromatic N) is 2. The zero-order valence-corrected chi connectivity index (χ0v) is 16.2. The average Bonchev–Trinajstić information content (AvgIpc) is 3.27. The Bertz CT molecular complexity index is 911. The van der Waals surface area contributed by atoms with Gasteiger partial charge in [-0.3, -0.25) is 0 Å². The molecule has 0 spiro atoms. The molecule has 5 nitrogen and oxygen atoms in total. The van der Waals surface area contributed by atoms with Crippen LogP contribution in [0.25, 0.3) is 5.69 Å². The fraction of sp³-hybridized carbons (Fsp3) is 0.217. The molecule has 144 valence electrons. The highest BCUT2D eigenvalue weighted by Crippen LogP contribution is 2.14. The number of rotatable bonds is 8. The third-order valence-corrected chi connectivity index (χ3v) is 4.31. The van der Waals surface area contributed by atoms with Gasteiger partial charge >= 0.3 is 5.97 Å². The third kappa shape index (κ3) is 5.10. The van der Waals surface area contributed by atoms with E-state index in [0.717, 1.165) is 29.8 Å². The average molecular weight is 376 g/mol. The number of ether oxygens (including phenoxy) is 1. The van der Waals surface area contributed by atoms with Gasteiger partial charge in [-0.05, 0) is 67.4 Å². The van der Waals surface area contributed by atoms with Gasteiger partial charge in [0.05, 0.1) is 17.9 Å². The van der Waals surface area contributed by atoms with E-state index in [1.54, 1.807) is 24.3 Å². The van der Waals surface area contributed by atoms with Crippen molar-refractivity contribution >= 4 is 11.7 Å². The predicted octanol–water partition coefficient (Wildman–Crippen LogP) is 5.24. The van der Waals surface area contributed by atoms with Crippen molar-refractivity contribution in [3.63, 3.8) is 0 Å². The molecule has 0 radical (unpaired) electrons. The maximum Gasteiger partial charge on any atom is 0.365 e. The lowest BCUT2D eigenvalue weighted by Gasteiger charge is -2.06. The molecule has 0 fully saturated rings. The summed E-state index contributed by atoms with van der Waals surface area (Å²) >= 11 is 0. The summed E-state index contributed by atoms with van der Waals surface area (Å²) in [6.07, 6.45) is 6.05. The van der Waals surface area contributed by atoms with Gasteiger partial charge in [0.15, 0.2) is 0 Å². The first-order valence-electron chi connectivity index (χ1n) is 9.40. The Morgan fingerprint density at radius 3 is 2.25 bits per heavy atom. The number of benzene rings is 2. The van der Waals surface area contributed by atoms with Gasteiger partial charge in [0.2, 0.25) is 0 Å². The molecule has 0 aliphatic rings. The Balaban J connectivity index is 1.58. The van der Waals surface area contributed by atoms with Crippen molar-refractivity contribution in [3.05, 3.63) is 84.2 Å². The molecule has 0 saturated carbocycles. The van der Waals surface area contributed by atoms with E-state index in [1.807, 2.05) is 60.3 Å². The minimum atomic E-state index is -0.497. The molecule has 0 aliphatic heterocycles. The van der Waals surface area contributed by atoms with Gasteiger partial charge in [0.25, 0.3) is 0 Å². The summed E-state index contributed by atoms with van der Waals surface area (Å²) in [5, 5.41) is 3.98. The topological polar surface area (TPSA) is 52.8 Å². The van der Waals surface area contributed by atoms with E-state index in [-0.39, 0.29) is 0 Å². The first kappa shape index (κ1) is 19.4. The summed E-state index contributed by atoms with van der Waals surface area (Å²) in [6.45, 7) is 4.59. The number of carbonyl (C=O) groups excluding carboxylic acids is 1. The lowest BCUT2D eigenvalue weighted by molar-refractivity contribution is 0.0516. The molecule has 0 atom stereocenters. The van der Waals surface area contributed by atoms with Crippen LogP contribution in [0.4, 0.5) is 0 Å². The minimum Gasteiger partial charge on any atom is -0.494 e. The van der Waals surface area contributed by atoms with E-state index in [4.69, 9.17) is 9.57 Å². The van der Waals surface area contributed by atoms with E-state index in [0.29, 0.717) is 17.9 Å². The largest absolute Gasteiger partial charge is 0.494 e. The van der Waals surface area contributed by atoms with Crippen molar-refractivity contribution in [1.29, 1.82) is 0 Å². The molecule has 3 aromatic rings. The lowest BCUT2D eigenvalue weighted by atomic mass is 10.1. The summed E-state index contributed by atoms with van der Waals surface area (Å²) in [5.41, 5.74) is 3.01. The standard InChI is InChI=1S/C23H24N2O3/c1-3-4-17-27-22-13-9-20(10-14-22)23(26)28-24-18(2)19-7-11-21(12-8-19)25-15-5-6-16-25/h5-16H,3-4,17H2,1-2H3. The van der Waals surface area contributed by atoms with E-state index in [1.165, 1.54) is 0 Å². The molecule has 0 unspecified atom stereocenters. The Labute approximate surface area is 165 Å². The smallest absolute Gasteiger partial charge is 0.365 e. The van der Waals surface area contributed by atoms with Gasteiger partial charge in [-0.25, -0.2) is 4.79 Å². The predicted molar refractivity (Wildman–Crippen MR) is 110 cm³/mol. The number of hydrogen-bond donors (Lipinski definition) is 0. The molecular weight excluding hydrogens is 352 g/mol. The number of hydrogen-bond acceptors (Lipinski definition) is 4. The van der Waals surface area contributed by atoms with E-state index in [2.05, 4.69) is 12.1 Å². The van der Waals surface area contributed by atoms with E-state index >= 15 is 0 Å². The van der Waals surface area contributed by atoms with Gasteiger partial charge in [-0.15, -0.1) is 0 Å². The summed E-state index contributed by atoms with van der Waals surface area (Å²) in [7, 11) is 0. The monoisotopic (exact) mass is 376 g/mol. The Morgan fingerprint density at radius 2 is 1.61 bits per heavy atom. The molecule has 0 amide bonds. The second-order valence-electron chi connectivity index (χ2n) is 6.42. The maximum absolute atomic E-state index is 12.2. The van der Waals surface area contributed by atoms with Crippen molar-refractivity contribution < 1.29 is 14.4 Å². The zero-order valence-electron chi connectivity index (χ0n) is 16.2. The highest BCUT2D eigenvalue weighted by molar-refractivity contribution is 5.99. The van der Waals surface area contributed by atoms with Crippen LogP contribution in [-0.2, 0) is 4.84 Å². The fourth-order valence-corrected chi connectivity index (χ4v) is 2.62. The van der Waals surface area contributed by atoms with Crippen LogP contribution in [0.15, 0.2) is 78.2 Å². The van der Waals surface area contributed by atoms with Crippen molar-refractivity contribution in [2.24, 2.45) is 5.16 Å². The normalized spacial score (nSPS) is 11.3.